The second kappa shape index (κ2) is 20.7. The molecular formula is C38H57BrO8S. The average molecular weight is 754 g/mol. The number of ether oxygens (including phenoxy) is 7. The predicted octanol–water partition coefficient (Wildman–Crippen LogP) is 8.97. The highest BCUT2D eigenvalue weighted by Gasteiger charge is 2.45. The number of methoxy groups -OCH3 is 1. The van der Waals surface area contributed by atoms with Gasteiger partial charge in [-0.05, 0) is 125 Å². The van der Waals surface area contributed by atoms with Crippen molar-refractivity contribution in [3.05, 3.63) is 44.6 Å². The maximum absolute atomic E-state index is 11.6. The second-order valence-electron chi connectivity index (χ2n) is 13.6. The van der Waals surface area contributed by atoms with Crippen molar-refractivity contribution in [1.29, 1.82) is 0 Å². The predicted molar refractivity (Wildman–Crippen MR) is 191 cm³/mol. The van der Waals surface area contributed by atoms with Gasteiger partial charge in [-0.1, -0.05) is 24.3 Å². The Kier molecular flexibility index (Phi) is 16.4. The summed E-state index contributed by atoms with van der Waals surface area (Å²) in [6.07, 6.45) is 23.5. The highest BCUT2D eigenvalue weighted by molar-refractivity contribution is 9.10. The Bertz CT molecular complexity index is 1120. The molecule has 3 aliphatic heterocycles. The number of carbonyl (C=O) groups is 1. The summed E-state index contributed by atoms with van der Waals surface area (Å²) >= 11 is 5.54. The first-order chi connectivity index (χ1) is 23.5. The van der Waals surface area contributed by atoms with Crippen LogP contribution < -0.4 is 0 Å². The van der Waals surface area contributed by atoms with E-state index >= 15 is 0 Å². The fraction of sp³-hybridized carbons (Fsp3) is 0.763. The Morgan fingerprint density at radius 3 is 2.23 bits per heavy atom. The van der Waals surface area contributed by atoms with E-state index in [1.54, 1.807) is 0 Å². The van der Waals surface area contributed by atoms with Gasteiger partial charge in [-0.15, -0.1) is 11.3 Å². The molecule has 1 aromatic heterocycles. The van der Waals surface area contributed by atoms with Crippen LogP contribution >= 0.6 is 27.3 Å². The molecule has 48 heavy (non-hydrogen) atoms. The zero-order chi connectivity index (χ0) is 33.6. The first-order valence-corrected chi connectivity index (χ1v) is 20.1. The molecule has 8 atom stereocenters. The monoisotopic (exact) mass is 752 g/mol. The van der Waals surface area contributed by atoms with Gasteiger partial charge in [0.1, 0.15) is 0 Å². The lowest BCUT2D eigenvalue weighted by molar-refractivity contribution is -0.203. The number of rotatable bonds is 17. The van der Waals surface area contributed by atoms with E-state index in [1.807, 2.05) is 11.3 Å². The summed E-state index contributed by atoms with van der Waals surface area (Å²) in [6.45, 7) is 4.42. The number of hydrogen-bond acceptors (Lipinski definition) is 9. The number of halogens is 1. The summed E-state index contributed by atoms with van der Waals surface area (Å²) in [6, 6.07) is 2.24. The van der Waals surface area contributed by atoms with Gasteiger partial charge in [-0.3, -0.25) is 4.79 Å². The van der Waals surface area contributed by atoms with Crippen LogP contribution in [0.2, 0.25) is 0 Å². The quantitative estimate of drug-likeness (QED) is 0.0887. The summed E-state index contributed by atoms with van der Waals surface area (Å²) in [5, 5.41) is 0. The van der Waals surface area contributed by atoms with E-state index < -0.39 is 0 Å². The Hall–Kier alpha value is -1.11. The first kappa shape index (κ1) is 38.1. The van der Waals surface area contributed by atoms with Gasteiger partial charge < -0.3 is 33.2 Å². The molecule has 0 spiro atoms. The van der Waals surface area contributed by atoms with Crippen LogP contribution in [0.15, 0.2) is 34.8 Å². The number of unbranched alkanes of at least 4 members (excludes halogenated alkanes) is 1. The molecule has 270 valence electrons. The van der Waals surface area contributed by atoms with Gasteiger partial charge in [0.2, 0.25) is 0 Å². The maximum atomic E-state index is 11.6. The van der Waals surface area contributed by atoms with Crippen LogP contribution in [-0.2, 0) is 44.4 Å². The van der Waals surface area contributed by atoms with Crippen molar-refractivity contribution in [2.24, 2.45) is 11.8 Å². The SMILES string of the molecule is COC(=O)CCCC=CC[C@@H]1[C@@H](C=CC(CCc2cc(Br)c(C)s2)O[C@H]2CCCCO2)[C@H](OC2CCCCO2)C[C@@H]1OC1CCCCO1. The number of thiophene rings is 1. The molecule has 0 bridgehead atoms. The minimum absolute atomic E-state index is 0.00329. The van der Waals surface area contributed by atoms with Crippen LogP contribution in [0.25, 0.3) is 0 Å². The van der Waals surface area contributed by atoms with E-state index in [9.17, 15) is 4.79 Å². The number of aryl methyl sites for hydroxylation is 2. The summed E-state index contributed by atoms with van der Waals surface area (Å²) < 4.78 is 44.4. The molecule has 1 saturated carbocycles. The largest absolute Gasteiger partial charge is 0.469 e. The molecule has 3 saturated heterocycles. The van der Waals surface area contributed by atoms with Crippen molar-refractivity contribution in [3.63, 3.8) is 0 Å². The van der Waals surface area contributed by atoms with Gasteiger partial charge in [0.15, 0.2) is 18.9 Å². The van der Waals surface area contributed by atoms with Gasteiger partial charge in [0.05, 0.1) is 25.4 Å². The Balaban J connectivity index is 1.34. The van der Waals surface area contributed by atoms with Crippen molar-refractivity contribution >= 4 is 33.2 Å². The Morgan fingerprint density at radius 1 is 0.958 bits per heavy atom. The molecule has 1 aromatic rings. The number of carbonyl (C=O) groups excluding carboxylic acids is 1. The lowest BCUT2D eigenvalue weighted by Crippen LogP contribution is -2.31. The molecule has 0 radical (unpaired) electrons. The van der Waals surface area contributed by atoms with E-state index in [0.717, 1.165) is 116 Å². The highest BCUT2D eigenvalue weighted by Crippen LogP contribution is 2.42. The van der Waals surface area contributed by atoms with Gasteiger partial charge in [-0.25, -0.2) is 0 Å². The van der Waals surface area contributed by atoms with Gasteiger partial charge in [0, 0.05) is 52.8 Å². The lowest BCUT2D eigenvalue weighted by atomic mass is 9.89. The number of esters is 1. The zero-order valence-corrected chi connectivity index (χ0v) is 31.4. The van der Waals surface area contributed by atoms with Crippen LogP contribution in [0.5, 0.6) is 0 Å². The third-order valence-corrected chi connectivity index (χ3v) is 12.1. The third kappa shape index (κ3) is 12.3. The van der Waals surface area contributed by atoms with Crippen LogP contribution in [0.1, 0.15) is 106 Å². The lowest BCUT2D eigenvalue weighted by Gasteiger charge is -2.30. The van der Waals surface area contributed by atoms with Gasteiger partial charge >= 0.3 is 5.97 Å². The van der Waals surface area contributed by atoms with Crippen molar-refractivity contribution in [1.82, 2.24) is 0 Å². The Labute approximate surface area is 300 Å². The molecule has 0 aromatic carbocycles. The summed E-state index contributed by atoms with van der Waals surface area (Å²) in [5.41, 5.74) is 0. The van der Waals surface area contributed by atoms with Crippen molar-refractivity contribution in [3.8, 4) is 0 Å². The molecule has 10 heteroatoms. The molecule has 4 heterocycles. The van der Waals surface area contributed by atoms with Crippen LogP contribution in [-0.4, -0.2) is 70.1 Å². The molecule has 4 fully saturated rings. The topological polar surface area (TPSA) is 81.7 Å². The molecule has 0 N–H and O–H groups in total. The molecule has 5 rings (SSSR count). The highest BCUT2D eigenvalue weighted by atomic mass is 79.9. The van der Waals surface area contributed by atoms with Crippen LogP contribution in [0, 0.1) is 18.8 Å². The second-order valence-corrected chi connectivity index (χ2v) is 15.8. The van der Waals surface area contributed by atoms with E-state index in [-0.39, 0.29) is 55.0 Å². The van der Waals surface area contributed by atoms with Crippen molar-refractivity contribution < 1.29 is 38.0 Å². The average Bonchev–Trinajstić information content (AvgIpc) is 3.61. The fourth-order valence-electron chi connectivity index (χ4n) is 7.23. The molecule has 3 unspecified atom stereocenters. The summed E-state index contributed by atoms with van der Waals surface area (Å²) in [7, 11) is 1.44. The molecule has 8 nitrogen and oxygen atoms in total. The summed E-state index contributed by atoms with van der Waals surface area (Å²) in [4.78, 5) is 14.3. The van der Waals surface area contributed by atoms with E-state index in [0.29, 0.717) is 6.42 Å². The summed E-state index contributed by atoms with van der Waals surface area (Å²) in [5.74, 6) is 0.174. The van der Waals surface area contributed by atoms with E-state index in [1.165, 1.54) is 21.3 Å². The smallest absolute Gasteiger partial charge is 0.305 e. The minimum atomic E-state index is -0.179. The number of hydrogen-bond donors (Lipinski definition) is 0. The fourth-order valence-corrected chi connectivity index (χ4v) is 8.85. The van der Waals surface area contributed by atoms with E-state index in [4.69, 9.17) is 33.2 Å². The Morgan fingerprint density at radius 2 is 1.62 bits per heavy atom. The van der Waals surface area contributed by atoms with E-state index in [2.05, 4.69) is 53.2 Å². The van der Waals surface area contributed by atoms with Crippen LogP contribution in [0.3, 0.4) is 0 Å². The molecule has 1 aliphatic carbocycles. The minimum Gasteiger partial charge on any atom is -0.469 e. The number of allylic oxidation sites excluding steroid dienone is 2. The van der Waals surface area contributed by atoms with Gasteiger partial charge in [0.25, 0.3) is 0 Å². The molecular weight excluding hydrogens is 696 g/mol. The van der Waals surface area contributed by atoms with Gasteiger partial charge in [-0.2, -0.15) is 0 Å². The van der Waals surface area contributed by atoms with Crippen LogP contribution in [0.4, 0.5) is 0 Å². The standard InChI is InChI=1S/C38H57BrO8S/c1-27-32(39)25-29(48-27)20-18-28(45-36-15-7-10-22-42-36)19-21-31-30(13-5-3-4-6-14-35(40)41-2)33(46-37-16-8-11-23-43-37)26-34(31)47-38-17-9-12-24-44-38/h3,5,19,21,25,28,30-31,33-34,36-38H,4,6-18,20,22-24,26H2,1-2H3/t28?,30-,31-,33+,34-,36+,37?,38?/m1/s1. The van der Waals surface area contributed by atoms with Crippen molar-refractivity contribution in [2.45, 2.75) is 147 Å². The zero-order valence-electron chi connectivity index (χ0n) is 29.0. The first-order valence-electron chi connectivity index (χ1n) is 18.4. The third-order valence-electron chi connectivity index (χ3n) is 9.95. The van der Waals surface area contributed by atoms with Crippen molar-refractivity contribution in [2.75, 3.05) is 26.9 Å². The molecule has 4 aliphatic rings. The maximum Gasteiger partial charge on any atom is 0.305 e. The normalized spacial score (nSPS) is 30.7. The molecule has 0 amide bonds.